The van der Waals surface area contributed by atoms with Crippen molar-refractivity contribution in [3.63, 3.8) is 0 Å². The Balaban J connectivity index is 2.51. The summed E-state index contributed by atoms with van der Waals surface area (Å²) in [6.07, 6.45) is -0.335. The van der Waals surface area contributed by atoms with E-state index in [1.54, 1.807) is 26.0 Å². The van der Waals surface area contributed by atoms with E-state index in [1.165, 1.54) is 6.20 Å². The van der Waals surface area contributed by atoms with Crippen LogP contribution in [0.4, 0.5) is 8.78 Å². The molecular formula is C14H13F2N3O2. The molecule has 5 nitrogen and oxygen atoms in total. The third-order valence-electron chi connectivity index (χ3n) is 2.74. The monoisotopic (exact) mass is 293 g/mol. The number of esters is 1. The van der Waals surface area contributed by atoms with E-state index in [9.17, 15) is 13.6 Å². The zero-order chi connectivity index (χ0) is 15.4. The van der Waals surface area contributed by atoms with Gasteiger partial charge in [-0.2, -0.15) is 0 Å². The van der Waals surface area contributed by atoms with Crippen LogP contribution in [-0.4, -0.2) is 27.5 Å². The van der Waals surface area contributed by atoms with E-state index in [-0.39, 0.29) is 18.0 Å². The molecule has 0 atom stereocenters. The number of carbonyl (C=O) groups is 1. The Morgan fingerprint density at radius 3 is 2.76 bits per heavy atom. The number of ether oxygens (including phenoxy) is 1. The molecule has 0 saturated heterocycles. The predicted molar refractivity (Wildman–Crippen MR) is 70.9 cm³/mol. The molecule has 0 unspecified atom stereocenters. The van der Waals surface area contributed by atoms with Crippen molar-refractivity contribution in [2.75, 3.05) is 6.61 Å². The van der Waals surface area contributed by atoms with Crippen molar-refractivity contribution in [3.8, 4) is 11.5 Å². The second-order valence-corrected chi connectivity index (χ2v) is 4.18. The van der Waals surface area contributed by atoms with Crippen LogP contribution in [0.2, 0.25) is 0 Å². The number of halogens is 2. The number of hydrogen-bond donors (Lipinski definition) is 0. The van der Waals surface area contributed by atoms with Gasteiger partial charge in [0.15, 0.2) is 5.82 Å². The Hall–Kier alpha value is -2.44. The summed E-state index contributed by atoms with van der Waals surface area (Å²) in [5.74, 6) is -0.812. The largest absolute Gasteiger partial charge is 0.462 e. The lowest BCUT2D eigenvalue weighted by Crippen LogP contribution is -2.12. The van der Waals surface area contributed by atoms with Crippen LogP contribution >= 0.6 is 0 Å². The van der Waals surface area contributed by atoms with Gasteiger partial charge in [0, 0.05) is 12.4 Å². The highest BCUT2D eigenvalue weighted by Gasteiger charge is 2.23. The van der Waals surface area contributed by atoms with Crippen molar-refractivity contribution >= 4 is 5.97 Å². The summed E-state index contributed by atoms with van der Waals surface area (Å²) in [4.78, 5) is 23.4. The standard InChI is InChI=1S/C14H13F2N3O2/c1-3-21-14(20)9-7-18-13(19-11(9)12(15)16)10-8(2)5-4-6-17-10/h4-7,12H,3H2,1-2H3. The van der Waals surface area contributed by atoms with Gasteiger partial charge in [0.1, 0.15) is 17.0 Å². The van der Waals surface area contributed by atoms with E-state index in [4.69, 9.17) is 4.74 Å². The molecule has 0 saturated carbocycles. The first-order valence-corrected chi connectivity index (χ1v) is 6.28. The summed E-state index contributed by atoms with van der Waals surface area (Å²) in [5.41, 5.74) is 0.170. The van der Waals surface area contributed by atoms with E-state index in [0.29, 0.717) is 5.69 Å². The fourth-order valence-electron chi connectivity index (χ4n) is 1.76. The fourth-order valence-corrected chi connectivity index (χ4v) is 1.76. The minimum absolute atomic E-state index is 0.0523. The zero-order valence-electron chi connectivity index (χ0n) is 11.5. The average Bonchev–Trinajstić information content (AvgIpc) is 2.47. The maximum absolute atomic E-state index is 13.1. The van der Waals surface area contributed by atoms with Crippen LogP contribution in [0.15, 0.2) is 24.5 Å². The van der Waals surface area contributed by atoms with Crippen molar-refractivity contribution in [3.05, 3.63) is 41.3 Å². The van der Waals surface area contributed by atoms with Crippen LogP contribution in [-0.2, 0) is 4.74 Å². The van der Waals surface area contributed by atoms with Gasteiger partial charge >= 0.3 is 5.97 Å². The molecule has 0 spiro atoms. The van der Waals surface area contributed by atoms with Gasteiger partial charge in [0.2, 0.25) is 0 Å². The number of alkyl halides is 2. The number of aromatic nitrogens is 3. The Morgan fingerprint density at radius 2 is 2.14 bits per heavy atom. The minimum Gasteiger partial charge on any atom is -0.462 e. The summed E-state index contributed by atoms with van der Waals surface area (Å²) in [7, 11) is 0. The molecule has 2 aromatic rings. The molecule has 0 radical (unpaired) electrons. The Morgan fingerprint density at radius 1 is 1.38 bits per heavy atom. The second-order valence-electron chi connectivity index (χ2n) is 4.18. The van der Waals surface area contributed by atoms with E-state index >= 15 is 0 Å². The highest BCUT2D eigenvalue weighted by molar-refractivity contribution is 5.90. The molecule has 0 aliphatic rings. The lowest BCUT2D eigenvalue weighted by molar-refractivity contribution is 0.0513. The Bertz CT molecular complexity index is 662. The summed E-state index contributed by atoms with van der Waals surface area (Å²) in [5, 5.41) is 0. The molecule has 2 aromatic heterocycles. The number of aryl methyl sites for hydroxylation is 1. The van der Waals surface area contributed by atoms with Crippen molar-refractivity contribution < 1.29 is 18.3 Å². The van der Waals surface area contributed by atoms with Crippen molar-refractivity contribution in [1.82, 2.24) is 15.0 Å². The predicted octanol–water partition coefficient (Wildman–Crippen LogP) is 2.96. The molecule has 0 amide bonds. The van der Waals surface area contributed by atoms with Crippen molar-refractivity contribution in [2.45, 2.75) is 20.3 Å². The molecule has 2 heterocycles. The first-order valence-electron chi connectivity index (χ1n) is 6.28. The lowest BCUT2D eigenvalue weighted by Gasteiger charge is -2.09. The van der Waals surface area contributed by atoms with Crippen LogP contribution in [0.1, 0.15) is 35.0 Å². The highest BCUT2D eigenvalue weighted by Crippen LogP contribution is 2.24. The summed E-state index contributed by atoms with van der Waals surface area (Å²) in [6, 6.07) is 3.49. The van der Waals surface area contributed by atoms with E-state index in [2.05, 4.69) is 15.0 Å². The third-order valence-corrected chi connectivity index (χ3v) is 2.74. The number of pyridine rings is 1. The summed E-state index contributed by atoms with van der Waals surface area (Å²) in [6.45, 7) is 3.45. The molecule has 0 fully saturated rings. The molecule has 0 aromatic carbocycles. The number of nitrogens with zero attached hydrogens (tertiary/aromatic N) is 3. The topological polar surface area (TPSA) is 65.0 Å². The van der Waals surface area contributed by atoms with Gasteiger partial charge in [0.25, 0.3) is 6.43 Å². The van der Waals surface area contributed by atoms with Crippen LogP contribution in [0.3, 0.4) is 0 Å². The van der Waals surface area contributed by atoms with E-state index < -0.39 is 18.1 Å². The number of rotatable bonds is 4. The maximum atomic E-state index is 13.1. The molecule has 0 aliphatic carbocycles. The molecule has 0 aliphatic heterocycles. The quantitative estimate of drug-likeness (QED) is 0.811. The molecule has 7 heteroatoms. The van der Waals surface area contributed by atoms with Gasteiger partial charge in [-0.1, -0.05) is 6.07 Å². The number of hydrogen-bond acceptors (Lipinski definition) is 5. The van der Waals surface area contributed by atoms with E-state index in [1.807, 2.05) is 0 Å². The Kier molecular flexibility index (Phi) is 4.52. The SMILES string of the molecule is CCOC(=O)c1cnc(-c2ncccc2C)nc1C(F)F. The number of carbonyl (C=O) groups excluding carboxylic acids is 1. The van der Waals surface area contributed by atoms with Gasteiger partial charge in [0.05, 0.1) is 6.61 Å². The fraction of sp³-hybridized carbons (Fsp3) is 0.286. The van der Waals surface area contributed by atoms with Gasteiger partial charge in [-0.25, -0.2) is 23.5 Å². The normalized spacial score (nSPS) is 10.7. The van der Waals surface area contributed by atoms with Crippen molar-refractivity contribution in [1.29, 1.82) is 0 Å². The van der Waals surface area contributed by atoms with Crippen LogP contribution in [0, 0.1) is 6.92 Å². The van der Waals surface area contributed by atoms with Crippen LogP contribution in [0.5, 0.6) is 0 Å². The summed E-state index contributed by atoms with van der Waals surface area (Å²) >= 11 is 0. The molecular weight excluding hydrogens is 280 g/mol. The molecule has 0 N–H and O–H groups in total. The first-order chi connectivity index (χ1) is 10.0. The molecule has 21 heavy (non-hydrogen) atoms. The Labute approximate surface area is 120 Å². The molecule has 110 valence electrons. The van der Waals surface area contributed by atoms with E-state index in [0.717, 1.165) is 11.8 Å². The average molecular weight is 293 g/mol. The minimum atomic E-state index is -2.91. The maximum Gasteiger partial charge on any atom is 0.341 e. The van der Waals surface area contributed by atoms with Gasteiger partial charge in [-0.15, -0.1) is 0 Å². The zero-order valence-corrected chi connectivity index (χ0v) is 11.5. The van der Waals surface area contributed by atoms with Gasteiger partial charge < -0.3 is 4.74 Å². The lowest BCUT2D eigenvalue weighted by atomic mass is 10.2. The van der Waals surface area contributed by atoms with Crippen molar-refractivity contribution in [2.24, 2.45) is 0 Å². The third kappa shape index (κ3) is 3.18. The molecule has 0 bridgehead atoms. The molecule has 2 rings (SSSR count). The van der Waals surface area contributed by atoms with Crippen LogP contribution in [0.25, 0.3) is 11.5 Å². The van der Waals surface area contributed by atoms with Crippen LogP contribution < -0.4 is 0 Å². The van der Waals surface area contributed by atoms with Gasteiger partial charge in [-0.3, -0.25) is 4.98 Å². The first kappa shape index (κ1) is 15.0. The summed E-state index contributed by atoms with van der Waals surface area (Å²) < 4.78 is 30.9. The highest BCUT2D eigenvalue weighted by atomic mass is 19.3. The smallest absolute Gasteiger partial charge is 0.341 e. The van der Waals surface area contributed by atoms with Gasteiger partial charge in [-0.05, 0) is 25.5 Å². The second kappa shape index (κ2) is 6.34.